The summed E-state index contributed by atoms with van der Waals surface area (Å²) in [5.41, 5.74) is 1.24. The van der Waals surface area contributed by atoms with Crippen molar-refractivity contribution in [3.05, 3.63) is 84.1 Å². The average Bonchev–Trinajstić information content (AvgIpc) is 3.98. The fourth-order valence-electron chi connectivity index (χ4n) is 5.27. The molecule has 2 N–H and O–H groups in total. The van der Waals surface area contributed by atoms with Gasteiger partial charge in [0, 0.05) is 29.8 Å². The average molecular weight is 722 g/mol. The maximum absolute atomic E-state index is 14.3. The van der Waals surface area contributed by atoms with Crippen molar-refractivity contribution in [2.45, 2.75) is 87.0 Å². The van der Waals surface area contributed by atoms with Crippen LogP contribution in [0.15, 0.2) is 66.9 Å². The Morgan fingerprint density at radius 2 is 1.60 bits per heavy atom. The van der Waals surface area contributed by atoms with E-state index in [0.29, 0.717) is 60.2 Å². The lowest BCUT2D eigenvalue weighted by atomic mass is 9.96. The molecule has 5 rings (SSSR count). The minimum absolute atomic E-state index is 0.0182. The van der Waals surface area contributed by atoms with Gasteiger partial charge in [-0.2, -0.15) is 0 Å². The number of anilines is 1. The van der Waals surface area contributed by atoms with Gasteiger partial charge in [0.15, 0.2) is 23.1 Å². The number of carbonyl (C=O) groups is 2. The number of benzene rings is 3. The molecule has 0 saturated heterocycles. The summed E-state index contributed by atoms with van der Waals surface area (Å²) in [6.45, 7) is 15.5. The molecule has 1 heterocycles. The molecule has 4 aromatic rings. The van der Waals surface area contributed by atoms with Crippen LogP contribution in [0.4, 0.5) is 14.5 Å². The number of pyridine rings is 1. The number of ether oxygens (including phenoxy) is 3. The molecule has 1 saturated carbocycles. The number of methoxy groups -OCH3 is 1. The third-order valence-electron chi connectivity index (χ3n) is 8.45. The van der Waals surface area contributed by atoms with Crippen LogP contribution in [0, 0.1) is 29.9 Å². The molecule has 8 nitrogen and oxygen atoms in total. The van der Waals surface area contributed by atoms with E-state index in [-0.39, 0.29) is 23.3 Å². The summed E-state index contributed by atoms with van der Waals surface area (Å²) in [7, 11) is 3.55. The van der Waals surface area contributed by atoms with Crippen LogP contribution < -0.4 is 24.8 Å². The normalized spacial score (nSPS) is 12.8. The molecule has 10 heteroatoms. The highest BCUT2D eigenvalue weighted by atomic mass is 19.1. The van der Waals surface area contributed by atoms with E-state index in [1.807, 2.05) is 66.8 Å². The second-order valence-electron chi connectivity index (χ2n) is 12.1. The Morgan fingerprint density at radius 3 is 2.17 bits per heavy atom. The molecule has 1 fully saturated rings. The van der Waals surface area contributed by atoms with Crippen LogP contribution in [-0.2, 0) is 9.59 Å². The largest absolute Gasteiger partial charge is 0.493 e. The second-order valence-corrected chi connectivity index (χ2v) is 12.1. The van der Waals surface area contributed by atoms with Crippen molar-refractivity contribution in [2.24, 2.45) is 11.3 Å². The smallest absolute Gasteiger partial charge is 0.238 e. The number of hydrogen-bond acceptors (Lipinski definition) is 7. The van der Waals surface area contributed by atoms with Gasteiger partial charge in [0.1, 0.15) is 22.8 Å². The summed E-state index contributed by atoms with van der Waals surface area (Å²) in [4.78, 5) is 28.4. The Labute approximate surface area is 308 Å². The lowest BCUT2D eigenvalue weighted by molar-refractivity contribution is -0.133. The third kappa shape index (κ3) is 12.3. The van der Waals surface area contributed by atoms with Gasteiger partial charge in [0.05, 0.1) is 19.2 Å². The van der Waals surface area contributed by atoms with Crippen LogP contribution in [0.2, 0.25) is 0 Å². The molecule has 1 unspecified atom stereocenters. The first-order chi connectivity index (χ1) is 25.1. The minimum Gasteiger partial charge on any atom is -0.493 e. The van der Waals surface area contributed by atoms with Crippen molar-refractivity contribution < 1.29 is 32.6 Å². The standard InChI is InChI=1S/C24H29FN2O3.C14H16FNO2.2C2H6/c1-5-17(8-10-26-3)15-29-24-14-20-18(13-23(24)28-4)21(9-11-27-20)30-22-7-6-16(2)12-19(22)25;1-2-3-12(17)14(8-9-14)13(18)16-11-6-4-10(15)5-7-11;2*1-2/h6-7,9,11-14,17,26H,5,8,10,15H2,1-4H3;4-7H,2-3,8-9H2,1H3,(H,16,18);2*1-2H3. The van der Waals surface area contributed by atoms with Crippen molar-refractivity contribution in [1.29, 1.82) is 0 Å². The number of Topliss-reactive ketones (excluding diaryl/α,β-unsaturated/α-hetero) is 1. The van der Waals surface area contributed by atoms with Gasteiger partial charge in [0.25, 0.3) is 0 Å². The first-order valence-electron chi connectivity index (χ1n) is 18.4. The summed E-state index contributed by atoms with van der Waals surface area (Å²) in [5.74, 6) is 1.36. The van der Waals surface area contributed by atoms with Crippen LogP contribution in [0.3, 0.4) is 0 Å². The number of nitrogens with zero attached hydrogens (tertiary/aromatic N) is 1. The van der Waals surface area contributed by atoms with Crippen molar-refractivity contribution in [3.8, 4) is 23.0 Å². The molecule has 1 amide bonds. The van der Waals surface area contributed by atoms with Crippen molar-refractivity contribution in [1.82, 2.24) is 10.3 Å². The van der Waals surface area contributed by atoms with E-state index in [0.717, 1.165) is 36.8 Å². The lowest BCUT2D eigenvalue weighted by Gasteiger charge is -2.18. The summed E-state index contributed by atoms with van der Waals surface area (Å²) >= 11 is 0. The number of carbonyl (C=O) groups excluding carboxylic acids is 2. The van der Waals surface area contributed by atoms with Gasteiger partial charge in [0.2, 0.25) is 5.91 Å². The van der Waals surface area contributed by atoms with Crippen molar-refractivity contribution >= 4 is 28.3 Å². The highest BCUT2D eigenvalue weighted by molar-refractivity contribution is 6.13. The summed E-state index contributed by atoms with van der Waals surface area (Å²) in [6.07, 6.45) is 6.16. The van der Waals surface area contributed by atoms with E-state index in [9.17, 15) is 18.4 Å². The van der Waals surface area contributed by atoms with Gasteiger partial charge in [-0.05, 0) is 106 Å². The van der Waals surface area contributed by atoms with Gasteiger partial charge >= 0.3 is 0 Å². The molecule has 1 atom stereocenters. The quantitative estimate of drug-likeness (QED) is 0.118. The fourth-order valence-corrected chi connectivity index (χ4v) is 5.27. The molecule has 0 aliphatic heterocycles. The van der Waals surface area contributed by atoms with Gasteiger partial charge < -0.3 is 24.8 Å². The Bertz CT molecular complexity index is 1690. The Morgan fingerprint density at radius 1 is 0.904 bits per heavy atom. The van der Waals surface area contributed by atoms with Crippen LogP contribution in [0.1, 0.15) is 85.6 Å². The second kappa shape index (κ2) is 22.4. The Balaban J connectivity index is 0.000000363. The molecule has 0 bridgehead atoms. The summed E-state index contributed by atoms with van der Waals surface area (Å²) in [6, 6.07) is 15.8. The van der Waals surface area contributed by atoms with E-state index < -0.39 is 11.2 Å². The SMILES string of the molecule is CC.CC.CCC(CCNC)COc1cc2nccc(Oc3ccc(C)cc3F)c2cc1OC.CCCC(=O)C1(C(=O)Nc2ccc(F)cc2)CC1. The highest BCUT2D eigenvalue weighted by Crippen LogP contribution is 2.48. The van der Waals surface area contributed by atoms with E-state index in [1.165, 1.54) is 30.3 Å². The fraction of sp³-hybridized carbons (Fsp3) is 0.452. The van der Waals surface area contributed by atoms with E-state index in [2.05, 4.69) is 22.5 Å². The van der Waals surface area contributed by atoms with Crippen molar-refractivity contribution in [2.75, 3.05) is 32.6 Å². The molecule has 3 aromatic carbocycles. The van der Waals surface area contributed by atoms with E-state index in [4.69, 9.17) is 14.2 Å². The zero-order chi connectivity index (χ0) is 38.7. The van der Waals surface area contributed by atoms with E-state index >= 15 is 0 Å². The molecule has 1 aromatic heterocycles. The Hall–Kier alpha value is -4.57. The summed E-state index contributed by atoms with van der Waals surface area (Å²) in [5, 5.41) is 6.59. The number of halogens is 2. The summed E-state index contributed by atoms with van der Waals surface area (Å²) < 4.78 is 44.5. The lowest BCUT2D eigenvalue weighted by Crippen LogP contribution is -2.31. The third-order valence-corrected chi connectivity index (χ3v) is 8.45. The predicted octanol–water partition coefficient (Wildman–Crippen LogP) is 10.5. The minimum atomic E-state index is -0.815. The van der Waals surface area contributed by atoms with Crippen LogP contribution >= 0.6 is 0 Å². The number of amides is 1. The molecular weight excluding hydrogens is 664 g/mol. The molecule has 0 spiro atoms. The molecular formula is C42H57F2N3O5. The number of fused-ring (bicyclic) bond motifs is 1. The zero-order valence-electron chi connectivity index (χ0n) is 32.3. The molecule has 1 aliphatic carbocycles. The maximum Gasteiger partial charge on any atom is 0.238 e. The zero-order valence-corrected chi connectivity index (χ0v) is 32.3. The predicted molar refractivity (Wildman–Crippen MR) is 207 cm³/mol. The van der Waals surface area contributed by atoms with E-state index in [1.54, 1.807) is 25.4 Å². The molecule has 52 heavy (non-hydrogen) atoms. The van der Waals surface area contributed by atoms with Crippen LogP contribution in [-0.4, -0.2) is 44.0 Å². The number of rotatable bonds is 15. The number of aryl methyl sites for hydroxylation is 1. The maximum atomic E-state index is 14.3. The molecule has 1 aliphatic rings. The van der Waals surface area contributed by atoms with Crippen LogP contribution in [0.5, 0.6) is 23.0 Å². The first kappa shape index (κ1) is 43.6. The monoisotopic (exact) mass is 721 g/mol. The molecule has 0 radical (unpaired) electrons. The van der Waals surface area contributed by atoms with Gasteiger partial charge in [-0.1, -0.05) is 54.0 Å². The number of ketones is 1. The number of aromatic nitrogens is 1. The highest BCUT2D eigenvalue weighted by Gasteiger charge is 2.55. The number of nitrogens with one attached hydrogen (secondary N) is 2. The topological polar surface area (TPSA) is 98.8 Å². The van der Waals surface area contributed by atoms with Crippen LogP contribution in [0.25, 0.3) is 10.9 Å². The number of hydrogen-bond donors (Lipinski definition) is 2. The van der Waals surface area contributed by atoms with Gasteiger partial charge in [-0.15, -0.1) is 0 Å². The first-order valence-corrected chi connectivity index (χ1v) is 18.4. The molecule has 284 valence electrons. The van der Waals surface area contributed by atoms with Gasteiger partial charge in [-0.3, -0.25) is 14.6 Å². The van der Waals surface area contributed by atoms with Gasteiger partial charge in [-0.25, -0.2) is 8.78 Å². The Kier molecular flexibility index (Phi) is 18.8. The van der Waals surface area contributed by atoms with Crippen molar-refractivity contribution in [3.63, 3.8) is 0 Å².